The van der Waals surface area contributed by atoms with Crippen LogP contribution in [0.4, 0.5) is 0 Å². The minimum absolute atomic E-state index is 0.188. The van der Waals surface area contributed by atoms with Crippen molar-refractivity contribution in [2.24, 2.45) is 0 Å². The van der Waals surface area contributed by atoms with Gasteiger partial charge in [0, 0.05) is 25.2 Å². The Bertz CT molecular complexity index is 1020. The average molecular weight is 456 g/mol. The highest BCUT2D eigenvalue weighted by atomic mass is 16.7. The highest BCUT2D eigenvalue weighted by Gasteiger charge is 2.19. The molecule has 33 heavy (non-hydrogen) atoms. The standard InChI is InChI=1S/C25H29NO7/c1-28-23-7-3-5-19(25(23)29-2)13-26(12-18-8-9-22-24(11-18)33-17-32-22)14-20(27)15-30-16-21-6-4-10-31-21/h3-11,20,27H,12-17H2,1-2H3/t20-/m0/s1. The molecule has 0 spiro atoms. The maximum atomic E-state index is 10.7. The lowest BCUT2D eigenvalue weighted by molar-refractivity contribution is 0.00242. The van der Waals surface area contributed by atoms with Crippen molar-refractivity contribution in [3.8, 4) is 23.0 Å². The number of methoxy groups -OCH3 is 2. The molecule has 1 aliphatic rings. The van der Waals surface area contributed by atoms with Crippen LogP contribution in [0.15, 0.2) is 59.2 Å². The lowest BCUT2D eigenvalue weighted by Crippen LogP contribution is -2.34. The van der Waals surface area contributed by atoms with Crippen molar-refractivity contribution in [3.63, 3.8) is 0 Å². The van der Waals surface area contributed by atoms with Crippen molar-refractivity contribution in [2.45, 2.75) is 25.8 Å². The molecule has 0 saturated heterocycles. The molecule has 0 saturated carbocycles. The van der Waals surface area contributed by atoms with Gasteiger partial charge < -0.3 is 33.2 Å². The van der Waals surface area contributed by atoms with Gasteiger partial charge in [0.1, 0.15) is 12.4 Å². The molecular weight excluding hydrogens is 426 g/mol. The van der Waals surface area contributed by atoms with E-state index in [4.69, 9.17) is 28.1 Å². The van der Waals surface area contributed by atoms with E-state index in [0.29, 0.717) is 37.7 Å². The molecule has 1 atom stereocenters. The average Bonchev–Trinajstić information content (AvgIpc) is 3.50. The lowest BCUT2D eigenvalue weighted by atomic mass is 10.1. The van der Waals surface area contributed by atoms with Gasteiger partial charge in [-0.25, -0.2) is 0 Å². The normalized spacial score (nSPS) is 13.3. The molecule has 176 valence electrons. The Morgan fingerprint density at radius 2 is 1.88 bits per heavy atom. The van der Waals surface area contributed by atoms with Gasteiger partial charge in [-0.15, -0.1) is 0 Å². The smallest absolute Gasteiger partial charge is 0.231 e. The first-order chi connectivity index (χ1) is 16.2. The summed E-state index contributed by atoms with van der Waals surface area (Å²) in [6.45, 7) is 2.27. The van der Waals surface area contributed by atoms with Crippen molar-refractivity contribution in [1.29, 1.82) is 0 Å². The molecule has 0 amide bonds. The molecule has 1 aliphatic heterocycles. The second-order valence-electron chi connectivity index (χ2n) is 7.76. The monoisotopic (exact) mass is 455 g/mol. The Morgan fingerprint density at radius 3 is 2.67 bits per heavy atom. The SMILES string of the molecule is COc1cccc(CN(Cc2ccc3c(c2)OCO3)C[C@H](O)COCc2ccco2)c1OC. The molecular formula is C25H29NO7. The van der Waals surface area contributed by atoms with Crippen molar-refractivity contribution >= 4 is 0 Å². The fraction of sp³-hybridized carbons (Fsp3) is 0.360. The van der Waals surface area contributed by atoms with Crippen molar-refractivity contribution in [2.75, 3.05) is 34.2 Å². The Labute approximate surface area is 193 Å². The number of hydrogen-bond acceptors (Lipinski definition) is 8. The maximum Gasteiger partial charge on any atom is 0.231 e. The Kier molecular flexibility index (Phi) is 7.72. The van der Waals surface area contributed by atoms with E-state index in [1.54, 1.807) is 20.5 Å². The predicted molar refractivity (Wildman–Crippen MR) is 121 cm³/mol. The first-order valence-electron chi connectivity index (χ1n) is 10.7. The molecule has 2 aromatic carbocycles. The molecule has 0 aliphatic carbocycles. The van der Waals surface area contributed by atoms with Gasteiger partial charge in [-0.3, -0.25) is 4.90 Å². The predicted octanol–water partition coefficient (Wildman–Crippen LogP) is 3.61. The second kappa shape index (κ2) is 11.1. The molecule has 0 radical (unpaired) electrons. The molecule has 2 heterocycles. The third-order valence-electron chi connectivity index (χ3n) is 5.33. The maximum absolute atomic E-state index is 10.7. The first-order valence-corrected chi connectivity index (χ1v) is 10.7. The van der Waals surface area contributed by atoms with Crippen LogP contribution in [0.5, 0.6) is 23.0 Å². The molecule has 0 unspecified atom stereocenters. The topological polar surface area (TPSA) is 82.8 Å². The Hall–Kier alpha value is -3.20. The van der Waals surface area contributed by atoms with E-state index >= 15 is 0 Å². The summed E-state index contributed by atoms with van der Waals surface area (Å²) in [6.07, 6.45) is 0.912. The molecule has 8 nitrogen and oxygen atoms in total. The lowest BCUT2D eigenvalue weighted by Gasteiger charge is -2.26. The summed E-state index contributed by atoms with van der Waals surface area (Å²) >= 11 is 0. The van der Waals surface area contributed by atoms with Gasteiger partial charge in [-0.05, 0) is 35.9 Å². The van der Waals surface area contributed by atoms with Crippen LogP contribution in [0.1, 0.15) is 16.9 Å². The highest BCUT2D eigenvalue weighted by Crippen LogP contribution is 2.34. The number of aliphatic hydroxyl groups is 1. The van der Waals surface area contributed by atoms with E-state index in [0.717, 1.165) is 28.4 Å². The highest BCUT2D eigenvalue weighted by molar-refractivity contribution is 5.47. The van der Waals surface area contributed by atoms with Gasteiger partial charge in [-0.2, -0.15) is 0 Å². The summed E-state index contributed by atoms with van der Waals surface area (Å²) in [4.78, 5) is 2.13. The van der Waals surface area contributed by atoms with Crippen LogP contribution in [0, 0.1) is 0 Å². The number of hydrogen-bond donors (Lipinski definition) is 1. The van der Waals surface area contributed by atoms with E-state index < -0.39 is 6.10 Å². The van der Waals surface area contributed by atoms with Crippen molar-refractivity contribution in [1.82, 2.24) is 4.90 Å². The molecule has 1 aromatic heterocycles. The number of benzene rings is 2. The van der Waals surface area contributed by atoms with Crippen LogP contribution in [0.25, 0.3) is 0 Å². The molecule has 0 bridgehead atoms. The fourth-order valence-electron chi connectivity index (χ4n) is 3.84. The van der Waals surface area contributed by atoms with Gasteiger partial charge in [-0.1, -0.05) is 18.2 Å². The van der Waals surface area contributed by atoms with Gasteiger partial charge >= 0.3 is 0 Å². The third-order valence-corrected chi connectivity index (χ3v) is 5.33. The van der Waals surface area contributed by atoms with Crippen LogP contribution < -0.4 is 18.9 Å². The van der Waals surface area contributed by atoms with Gasteiger partial charge in [0.25, 0.3) is 0 Å². The Morgan fingerprint density at radius 1 is 1.00 bits per heavy atom. The van der Waals surface area contributed by atoms with Crippen LogP contribution >= 0.6 is 0 Å². The molecule has 4 rings (SSSR count). The van der Waals surface area contributed by atoms with E-state index in [9.17, 15) is 5.11 Å². The number of para-hydroxylation sites is 1. The second-order valence-corrected chi connectivity index (χ2v) is 7.76. The minimum Gasteiger partial charge on any atom is -0.493 e. The van der Waals surface area contributed by atoms with Gasteiger partial charge in [0.2, 0.25) is 6.79 Å². The summed E-state index contributed by atoms with van der Waals surface area (Å²) in [7, 11) is 3.24. The summed E-state index contributed by atoms with van der Waals surface area (Å²) < 4.78 is 32.9. The number of ether oxygens (including phenoxy) is 5. The molecule has 3 aromatic rings. The summed E-state index contributed by atoms with van der Waals surface area (Å²) in [5.74, 6) is 3.54. The number of fused-ring (bicyclic) bond motifs is 1. The van der Waals surface area contributed by atoms with E-state index in [1.165, 1.54) is 0 Å². The third kappa shape index (κ3) is 5.98. The van der Waals surface area contributed by atoms with Crippen LogP contribution in [0.3, 0.4) is 0 Å². The fourth-order valence-corrected chi connectivity index (χ4v) is 3.84. The van der Waals surface area contributed by atoms with Crippen LogP contribution in [-0.2, 0) is 24.4 Å². The number of nitrogens with zero attached hydrogens (tertiary/aromatic N) is 1. The van der Waals surface area contributed by atoms with Gasteiger partial charge in [0.15, 0.2) is 23.0 Å². The largest absolute Gasteiger partial charge is 0.493 e. The Balaban J connectivity index is 1.46. The summed E-state index contributed by atoms with van der Waals surface area (Å²) in [6, 6.07) is 15.3. The minimum atomic E-state index is -0.689. The zero-order valence-electron chi connectivity index (χ0n) is 18.9. The van der Waals surface area contributed by atoms with Crippen molar-refractivity contribution < 1.29 is 33.2 Å². The summed E-state index contributed by atoms with van der Waals surface area (Å²) in [5.41, 5.74) is 2.01. The van der Waals surface area contributed by atoms with Crippen LogP contribution in [-0.4, -0.2) is 50.3 Å². The van der Waals surface area contributed by atoms with E-state index in [2.05, 4.69) is 4.90 Å². The number of rotatable bonds is 12. The quantitative estimate of drug-likeness (QED) is 0.444. The zero-order chi connectivity index (χ0) is 23.0. The first kappa shape index (κ1) is 23.0. The number of furan rings is 1. The zero-order valence-corrected chi connectivity index (χ0v) is 18.9. The van der Waals surface area contributed by atoms with E-state index in [-0.39, 0.29) is 13.4 Å². The molecule has 1 N–H and O–H groups in total. The summed E-state index contributed by atoms with van der Waals surface area (Å²) in [5, 5.41) is 10.7. The van der Waals surface area contributed by atoms with Crippen molar-refractivity contribution in [3.05, 3.63) is 71.7 Å². The molecule has 0 fully saturated rings. The number of aliphatic hydroxyl groups excluding tert-OH is 1. The van der Waals surface area contributed by atoms with Crippen LogP contribution in [0.2, 0.25) is 0 Å². The van der Waals surface area contributed by atoms with Gasteiger partial charge in [0.05, 0.1) is 33.2 Å². The molecule has 8 heteroatoms. The van der Waals surface area contributed by atoms with E-state index in [1.807, 2.05) is 48.5 Å².